The standard InChI is InChI=1S/C6H3N2O5/c9-6-2-1-4(7(10)11)3-5(6)8(12)13/h1,3,9H. The van der Waals surface area contributed by atoms with Gasteiger partial charge in [0.05, 0.1) is 17.1 Å². The normalized spacial score (nSPS) is 16.3. The van der Waals surface area contributed by atoms with Crippen LogP contribution in [0.3, 0.4) is 0 Å². The summed E-state index contributed by atoms with van der Waals surface area (Å²) < 4.78 is 0. The van der Waals surface area contributed by atoms with Crippen molar-refractivity contribution < 1.29 is 15.0 Å². The summed E-state index contributed by atoms with van der Waals surface area (Å²) in [6.45, 7) is 0. The molecule has 1 rings (SSSR count). The largest absolute Gasteiger partial charge is 0.499 e. The molecule has 13 heavy (non-hydrogen) atoms. The van der Waals surface area contributed by atoms with E-state index in [1.807, 2.05) is 5.73 Å². The van der Waals surface area contributed by atoms with Crippen molar-refractivity contribution in [1.29, 1.82) is 0 Å². The number of rotatable bonds is 2. The summed E-state index contributed by atoms with van der Waals surface area (Å²) in [6.07, 6.45) is 1.54. The summed E-state index contributed by atoms with van der Waals surface area (Å²) in [7, 11) is 0. The third kappa shape index (κ3) is 1.71. The molecule has 0 fully saturated rings. The van der Waals surface area contributed by atoms with E-state index in [0.717, 1.165) is 6.08 Å². The van der Waals surface area contributed by atoms with Crippen LogP contribution in [-0.4, -0.2) is 15.0 Å². The van der Waals surface area contributed by atoms with Crippen molar-refractivity contribution in [3.05, 3.63) is 55.6 Å². The first-order valence-electron chi connectivity index (χ1n) is 3.06. The van der Waals surface area contributed by atoms with Crippen LogP contribution < -0.4 is 0 Å². The number of nitro groups is 2. The molecule has 0 saturated heterocycles. The average molecular weight is 183 g/mol. The first kappa shape index (κ1) is 8.95. The Morgan fingerprint density at radius 1 is 1.31 bits per heavy atom. The number of allylic oxidation sites excluding steroid dienone is 1. The minimum atomic E-state index is -0.918. The molecule has 1 aliphatic carbocycles. The molecule has 7 heteroatoms. The molecule has 0 unspecified atom stereocenters. The Labute approximate surface area is 71.6 Å². The Hall–Kier alpha value is -2.14. The predicted molar refractivity (Wildman–Crippen MR) is 39.5 cm³/mol. The topological polar surface area (TPSA) is 107 Å². The Morgan fingerprint density at radius 3 is 2.38 bits per heavy atom. The Morgan fingerprint density at radius 2 is 1.92 bits per heavy atom. The van der Waals surface area contributed by atoms with Gasteiger partial charge in [-0.25, -0.2) is 0 Å². The van der Waals surface area contributed by atoms with Crippen molar-refractivity contribution in [2.75, 3.05) is 0 Å². The lowest BCUT2D eigenvalue weighted by molar-refractivity contribution is -0.458. The SMILES string of the molecule is O=[N+]([O-])[C]1C=C([N+](=O)[O-])C=C=C1O. The Balaban J connectivity index is 3.09. The zero-order valence-electron chi connectivity index (χ0n) is 6.13. The van der Waals surface area contributed by atoms with E-state index in [1.54, 1.807) is 0 Å². The summed E-state index contributed by atoms with van der Waals surface area (Å²) in [5.41, 5.74) is 1.52. The molecule has 0 heterocycles. The monoisotopic (exact) mass is 183 g/mol. The van der Waals surface area contributed by atoms with Crippen LogP contribution >= 0.6 is 0 Å². The van der Waals surface area contributed by atoms with E-state index >= 15 is 0 Å². The molecule has 0 aliphatic heterocycles. The van der Waals surface area contributed by atoms with E-state index in [0.29, 0.717) is 6.08 Å². The second kappa shape index (κ2) is 3.08. The lowest BCUT2D eigenvalue weighted by Crippen LogP contribution is -2.13. The van der Waals surface area contributed by atoms with Crippen LogP contribution in [0.2, 0.25) is 0 Å². The summed E-state index contributed by atoms with van der Waals surface area (Å²) in [4.78, 5) is 18.6. The van der Waals surface area contributed by atoms with Gasteiger partial charge in [-0.2, -0.15) is 0 Å². The molecular formula is C6H3N2O5. The molecule has 0 aromatic heterocycles. The molecule has 0 aromatic rings. The van der Waals surface area contributed by atoms with E-state index in [2.05, 4.69) is 0 Å². The van der Waals surface area contributed by atoms with Crippen LogP contribution in [0.5, 0.6) is 0 Å². The molecule has 1 aliphatic rings. The van der Waals surface area contributed by atoms with E-state index in [9.17, 15) is 20.2 Å². The lowest BCUT2D eigenvalue weighted by Gasteiger charge is -2.01. The zero-order chi connectivity index (χ0) is 10.0. The van der Waals surface area contributed by atoms with Gasteiger partial charge in [-0.1, -0.05) is 5.73 Å². The Bertz CT molecular complexity index is 363. The molecule has 1 radical (unpaired) electrons. The van der Waals surface area contributed by atoms with E-state index < -0.39 is 27.3 Å². The number of hydrogen-bond donors (Lipinski definition) is 1. The van der Waals surface area contributed by atoms with Gasteiger partial charge < -0.3 is 5.11 Å². The lowest BCUT2D eigenvalue weighted by atomic mass is 10.1. The highest BCUT2D eigenvalue weighted by atomic mass is 16.6. The summed E-state index contributed by atoms with van der Waals surface area (Å²) in [5.74, 6) is -0.712. The van der Waals surface area contributed by atoms with Crippen LogP contribution in [0.25, 0.3) is 0 Å². The fourth-order valence-electron chi connectivity index (χ4n) is 0.711. The van der Waals surface area contributed by atoms with E-state index in [-0.39, 0.29) is 0 Å². The highest BCUT2D eigenvalue weighted by molar-refractivity contribution is 5.32. The first-order chi connectivity index (χ1) is 6.02. The Kier molecular flexibility index (Phi) is 2.12. The molecule has 0 atom stereocenters. The van der Waals surface area contributed by atoms with Gasteiger partial charge in [-0.3, -0.25) is 20.2 Å². The summed E-state index contributed by atoms with van der Waals surface area (Å²) in [5, 5.41) is 29.2. The second-order valence-corrected chi connectivity index (χ2v) is 2.11. The van der Waals surface area contributed by atoms with Crippen LogP contribution in [0, 0.1) is 26.3 Å². The maximum Gasteiger partial charge on any atom is 0.390 e. The molecule has 7 nitrogen and oxygen atoms in total. The molecule has 0 amide bonds. The predicted octanol–water partition coefficient (Wildman–Crippen LogP) is 0.566. The van der Waals surface area contributed by atoms with Gasteiger partial charge in [0, 0.05) is 4.92 Å². The highest BCUT2D eigenvalue weighted by Gasteiger charge is 2.32. The molecule has 0 bridgehead atoms. The van der Waals surface area contributed by atoms with Gasteiger partial charge in [-0.15, -0.1) is 0 Å². The van der Waals surface area contributed by atoms with Gasteiger partial charge in [0.2, 0.25) is 5.76 Å². The third-order valence-corrected chi connectivity index (χ3v) is 1.29. The van der Waals surface area contributed by atoms with Crippen molar-refractivity contribution >= 4 is 0 Å². The van der Waals surface area contributed by atoms with Crippen molar-refractivity contribution in [3.63, 3.8) is 0 Å². The maximum absolute atomic E-state index is 10.2. The smallest absolute Gasteiger partial charge is 0.390 e. The molecule has 0 saturated carbocycles. The average Bonchev–Trinajstić information content (AvgIpc) is 2.04. The van der Waals surface area contributed by atoms with Gasteiger partial charge in [-0.05, 0) is 0 Å². The van der Waals surface area contributed by atoms with Gasteiger partial charge in [0.15, 0.2) is 0 Å². The summed E-state index contributed by atoms with van der Waals surface area (Å²) >= 11 is 0. The van der Waals surface area contributed by atoms with Gasteiger partial charge in [0.25, 0.3) is 5.70 Å². The van der Waals surface area contributed by atoms with Gasteiger partial charge >= 0.3 is 6.04 Å². The van der Waals surface area contributed by atoms with Crippen LogP contribution in [0.15, 0.2) is 29.3 Å². The first-order valence-corrected chi connectivity index (χ1v) is 3.06. The molecule has 0 aromatic carbocycles. The maximum atomic E-state index is 10.2. The van der Waals surface area contributed by atoms with E-state index in [4.69, 9.17) is 5.11 Å². The number of nitrogens with zero attached hydrogens (tertiary/aromatic N) is 2. The van der Waals surface area contributed by atoms with Crippen LogP contribution in [-0.2, 0) is 0 Å². The fraction of sp³-hybridized carbons (Fsp3) is 0. The van der Waals surface area contributed by atoms with Gasteiger partial charge in [0.1, 0.15) is 0 Å². The number of aliphatic hydroxyl groups excluding tert-OH is 1. The molecule has 0 spiro atoms. The van der Waals surface area contributed by atoms with Crippen molar-refractivity contribution in [2.45, 2.75) is 0 Å². The zero-order valence-corrected chi connectivity index (χ0v) is 6.13. The molecular weight excluding hydrogens is 180 g/mol. The second-order valence-electron chi connectivity index (χ2n) is 2.11. The van der Waals surface area contributed by atoms with Crippen molar-refractivity contribution in [2.24, 2.45) is 0 Å². The number of aliphatic hydroxyl groups is 1. The quantitative estimate of drug-likeness (QED) is 0.382. The van der Waals surface area contributed by atoms with Crippen LogP contribution in [0.1, 0.15) is 0 Å². The third-order valence-electron chi connectivity index (χ3n) is 1.29. The van der Waals surface area contributed by atoms with Crippen LogP contribution in [0.4, 0.5) is 0 Å². The van der Waals surface area contributed by atoms with Crippen molar-refractivity contribution in [3.8, 4) is 0 Å². The van der Waals surface area contributed by atoms with Crippen molar-refractivity contribution in [1.82, 2.24) is 0 Å². The number of hydrogen-bond acceptors (Lipinski definition) is 5. The molecule has 67 valence electrons. The minimum Gasteiger partial charge on any atom is -0.499 e. The molecule has 1 N–H and O–H groups in total. The minimum absolute atomic E-state index is 0.482. The highest BCUT2D eigenvalue weighted by Crippen LogP contribution is 2.19. The summed E-state index contributed by atoms with van der Waals surface area (Å²) in [6, 6.07) is -0.728. The van der Waals surface area contributed by atoms with E-state index in [1.165, 1.54) is 0 Å². The fourth-order valence-corrected chi connectivity index (χ4v) is 0.711.